The molecule has 0 aromatic heterocycles. The molecule has 0 aromatic carbocycles. The first-order chi connectivity index (χ1) is 9.78. The van der Waals surface area contributed by atoms with Crippen molar-refractivity contribution in [1.29, 1.82) is 0 Å². The van der Waals surface area contributed by atoms with Crippen LogP contribution < -0.4 is 0 Å². The third-order valence-corrected chi connectivity index (χ3v) is 3.01. The van der Waals surface area contributed by atoms with Gasteiger partial charge < -0.3 is 14.1 Å². The standard InChI is InChI=1S/C14H28N2O4Si/c1-7-18-15-12(3)11-13(16-19-8-2)9-10-14(17)20-21(4,5)6/h7-11H2,1-6H3. The number of oxime groups is 2. The average molecular weight is 316 g/mol. The topological polar surface area (TPSA) is 69.5 Å². The highest BCUT2D eigenvalue weighted by molar-refractivity contribution is 6.71. The maximum absolute atomic E-state index is 11.8. The van der Waals surface area contributed by atoms with Gasteiger partial charge in [-0.3, -0.25) is 4.79 Å². The van der Waals surface area contributed by atoms with Gasteiger partial charge in [-0.1, -0.05) is 10.3 Å². The molecule has 0 aliphatic heterocycles. The molecule has 0 saturated carbocycles. The monoisotopic (exact) mass is 316 g/mol. The van der Waals surface area contributed by atoms with Crippen molar-refractivity contribution in [3.8, 4) is 0 Å². The van der Waals surface area contributed by atoms with Gasteiger partial charge in [0, 0.05) is 12.8 Å². The maximum atomic E-state index is 11.8. The molecule has 0 rings (SSSR count). The Bertz CT molecular complexity index is 376. The first-order valence-corrected chi connectivity index (χ1v) is 10.7. The van der Waals surface area contributed by atoms with Crippen LogP contribution in [-0.4, -0.2) is 38.9 Å². The quantitative estimate of drug-likeness (QED) is 0.352. The molecule has 0 fully saturated rings. The van der Waals surface area contributed by atoms with Gasteiger partial charge in [0.05, 0.1) is 11.4 Å². The normalized spacial score (nSPS) is 13.0. The van der Waals surface area contributed by atoms with Gasteiger partial charge in [0.2, 0.25) is 8.32 Å². The van der Waals surface area contributed by atoms with Gasteiger partial charge in [0.15, 0.2) is 0 Å². The SMILES string of the molecule is CCON=C(C)CC(CCC(=O)O[Si](C)(C)C)=NOCC. The van der Waals surface area contributed by atoms with Crippen molar-refractivity contribution < 1.29 is 18.9 Å². The van der Waals surface area contributed by atoms with Gasteiger partial charge in [-0.15, -0.1) is 0 Å². The van der Waals surface area contributed by atoms with Crippen LogP contribution >= 0.6 is 0 Å². The second kappa shape index (κ2) is 10.4. The van der Waals surface area contributed by atoms with Crippen molar-refractivity contribution in [2.75, 3.05) is 13.2 Å². The predicted molar refractivity (Wildman–Crippen MR) is 87.1 cm³/mol. The Morgan fingerprint density at radius 2 is 1.57 bits per heavy atom. The van der Waals surface area contributed by atoms with Crippen LogP contribution in [0.15, 0.2) is 10.3 Å². The van der Waals surface area contributed by atoms with Crippen molar-refractivity contribution in [3.05, 3.63) is 0 Å². The summed E-state index contributed by atoms with van der Waals surface area (Å²) in [6.45, 7) is 12.6. The van der Waals surface area contributed by atoms with Crippen LogP contribution in [0.2, 0.25) is 19.6 Å². The zero-order valence-electron chi connectivity index (χ0n) is 14.1. The van der Waals surface area contributed by atoms with Crippen molar-refractivity contribution in [2.24, 2.45) is 10.3 Å². The van der Waals surface area contributed by atoms with Crippen molar-refractivity contribution in [3.63, 3.8) is 0 Å². The minimum atomic E-state index is -1.83. The molecule has 0 N–H and O–H groups in total. The first kappa shape index (κ1) is 19.6. The molecule has 0 spiro atoms. The summed E-state index contributed by atoms with van der Waals surface area (Å²) < 4.78 is 5.41. The van der Waals surface area contributed by atoms with E-state index in [1.807, 2.05) is 40.4 Å². The van der Waals surface area contributed by atoms with Crippen LogP contribution in [0.1, 0.15) is 40.0 Å². The molecule has 0 radical (unpaired) electrons. The fourth-order valence-electron chi connectivity index (χ4n) is 1.46. The van der Waals surface area contributed by atoms with Crippen LogP contribution in [0.4, 0.5) is 0 Å². The van der Waals surface area contributed by atoms with Crippen LogP contribution in [0.25, 0.3) is 0 Å². The molecule has 0 amide bonds. The highest BCUT2D eigenvalue weighted by Crippen LogP contribution is 2.08. The third-order valence-electron chi connectivity index (χ3n) is 2.17. The summed E-state index contributed by atoms with van der Waals surface area (Å²) in [5, 5.41) is 7.99. The van der Waals surface area contributed by atoms with Crippen molar-refractivity contribution >= 4 is 25.7 Å². The Morgan fingerprint density at radius 3 is 2.10 bits per heavy atom. The first-order valence-electron chi connectivity index (χ1n) is 7.33. The van der Waals surface area contributed by atoms with Gasteiger partial charge in [-0.2, -0.15) is 0 Å². The van der Waals surface area contributed by atoms with Crippen LogP contribution in [0.5, 0.6) is 0 Å². The van der Waals surface area contributed by atoms with Gasteiger partial charge in [0.25, 0.3) is 5.97 Å². The fraction of sp³-hybridized carbons (Fsp3) is 0.786. The van der Waals surface area contributed by atoms with Gasteiger partial charge in [-0.25, -0.2) is 0 Å². The van der Waals surface area contributed by atoms with E-state index in [-0.39, 0.29) is 5.97 Å². The second-order valence-electron chi connectivity index (χ2n) is 5.58. The third kappa shape index (κ3) is 12.1. The van der Waals surface area contributed by atoms with Gasteiger partial charge >= 0.3 is 0 Å². The summed E-state index contributed by atoms with van der Waals surface area (Å²) in [6, 6.07) is 0. The Hall–Kier alpha value is -1.37. The molecule has 0 saturated heterocycles. The number of carbonyl (C=O) groups excluding carboxylic acids is 1. The lowest BCUT2D eigenvalue weighted by atomic mass is 10.1. The summed E-state index contributed by atoms with van der Waals surface area (Å²) in [5.41, 5.74) is 1.57. The number of carbonyl (C=O) groups is 1. The summed E-state index contributed by atoms with van der Waals surface area (Å²) in [4.78, 5) is 21.8. The molecule has 0 heterocycles. The summed E-state index contributed by atoms with van der Waals surface area (Å²) >= 11 is 0. The maximum Gasteiger partial charge on any atom is 0.292 e. The van der Waals surface area contributed by atoms with Gasteiger partial charge in [0.1, 0.15) is 13.2 Å². The van der Waals surface area contributed by atoms with Crippen LogP contribution in [0.3, 0.4) is 0 Å². The molecule has 0 aliphatic rings. The van der Waals surface area contributed by atoms with E-state index in [1.165, 1.54) is 0 Å². The lowest BCUT2D eigenvalue weighted by Crippen LogP contribution is -2.29. The number of nitrogens with zero attached hydrogens (tertiary/aromatic N) is 2. The smallest absolute Gasteiger partial charge is 0.292 e. The van der Waals surface area contributed by atoms with E-state index in [9.17, 15) is 4.79 Å². The Morgan fingerprint density at radius 1 is 1.00 bits per heavy atom. The van der Waals surface area contributed by atoms with Gasteiger partial charge in [-0.05, 0) is 46.8 Å². The van der Waals surface area contributed by atoms with E-state index in [0.29, 0.717) is 32.5 Å². The molecule has 0 unspecified atom stereocenters. The highest BCUT2D eigenvalue weighted by atomic mass is 28.4. The molecule has 122 valence electrons. The molecule has 0 aliphatic carbocycles. The molecule has 0 bridgehead atoms. The van der Waals surface area contributed by atoms with Crippen LogP contribution in [0, 0.1) is 0 Å². The average Bonchev–Trinajstić information content (AvgIpc) is 2.37. The molecule has 7 heteroatoms. The number of hydrogen-bond donors (Lipinski definition) is 0. The van der Waals surface area contributed by atoms with Crippen LogP contribution in [-0.2, 0) is 18.9 Å². The van der Waals surface area contributed by atoms with Crippen molar-refractivity contribution in [1.82, 2.24) is 0 Å². The summed E-state index contributed by atoms with van der Waals surface area (Å²) in [7, 11) is -1.83. The number of hydrogen-bond acceptors (Lipinski definition) is 6. The zero-order chi connectivity index (χ0) is 16.3. The lowest BCUT2D eigenvalue weighted by molar-refractivity contribution is -0.134. The molecule has 0 aromatic rings. The highest BCUT2D eigenvalue weighted by Gasteiger charge is 2.20. The Kier molecular flexibility index (Phi) is 9.69. The zero-order valence-corrected chi connectivity index (χ0v) is 15.1. The summed E-state index contributed by atoms with van der Waals surface area (Å²) in [6.07, 6.45) is 1.33. The molecule has 21 heavy (non-hydrogen) atoms. The molecular weight excluding hydrogens is 288 g/mol. The Labute approximate surface area is 128 Å². The summed E-state index contributed by atoms with van der Waals surface area (Å²) in [5.74, 6) is -0.183. The second-order valence-corrected chi connectivity index (χ2v) is 10.0. The lowest BCUT2D eigenvalue weighted by Gasteiger charge is -2.17. The van der Waals surface area contributed by atoms with E-state index in [4.69, 9.17) is 14.1 Å². The fourth-order valence-corrected chi connectivity index (χ4v) is 2.25. The van der Waals surface area contributed by atoms with E-state index in [0.717, 1.165) is 11.4 Å². The Balaban J connectivity index is 4.47. The number of rotatable bonds is 10. The molecule has 0 atom stereocenters. The van der Waals surface area contributed by atoms with E-state index < -0.39 is 8.32 Å². The molecule has 6 nitrogen and oxygen atoms in total. The van der Waals surface area contributed by atoms with E-state index in [2.05, 4.69) is 10.3 Å². The minimum absolute atomic E-state index is 0.183. The van der Waals surface area contributed by atoms with Crippen molar-refractivity contribution in [2.45, 2.75) is 59.7 Å². The predicted octanol–water partition coefficient (Wildman–Crippen LogP) is 3.34. The largest absolute Gasteiger partial charge is 0.520 e. The van der Waals surface area contributed by atoms with E-state index >= 15 is 0 Å². The van der Waals surface area contributed by atoms with E-state index in [1.54, 1.807) is 0 Å². The molecular formula is C14H28N2O4Si. The minimum Gasteiger partial charge on any atom is -0.520 e.